The molecule has 0 heterocycles. The smallest absolute Gasteiger partial charge is 0.103 e. The van der Waals surface area contributed by atoms with Crippen molar-refractivity contribution in [3.8, 4) is 6.07 Å². The van der Waals surface area contributed by atoms with E-state index in [1.165, 1.54) is 0 Å². The van der Waals surface area contributed by atoms with E-state index >= 15 is 0 Å². The van der Waals surface area contributed by atoms with Gasteiger partial charge in [0.2, 0.25) is 0 Å². The Morgan fingerprint density at radius 2 is 2.38 bits per heavy atom. The molecule has 1 aromatic rings. The lowest BCUT2D eigenvalue weighted by Gasteiger charge is -2.17. The second-order valence-corrected chi connectivity index (χ2v) is 4.11. The van der Waals surface area contributed by atoms with E-state index in [2.05, 4.69) is 27.3 Å². The number of ether oxygens (including phenoxy) is 1. The van der Waals surface area contributed by atoms with Crippen LogP contribution in [-0.2, 0) is 4.74 Å². The fourth-order valence-corrected chi connectivity index (χ4v) is 1.77. The Morgan fingerprint density at radius 1 is 1.62 bits per heavy atom. The SMILES string of the molecule is COCC(CO)Nc1cccc(Br)c1C#N. The summed E-state index contributed by atoms with van der Waals surface area (Å²) in [5.41, 5.74) is 1.21. The third-order valence-electron chi connectivity index (χ3n) is 2.07. The molecule has 0 bridgehead atoms. The summed E-state index contributed by atoms with van der Waals surface area (Å²) in [6.45, 7) is 0.332. The summed E-state index contributed by atoms with van der Waals surface area (Å²) in [5.74, 6) is 0. The van der Waals surface area contributed by atoms with Crippen molar-refractivity contribution in [3.63, 3.8) is 0 Å². The van der Waals surface area contributed by atoms with Crippen molar-refractivity contribution in [1.29, 1.82) is 5.26 Å². The molecule has 86 valence electrons. The van der Waals surface area contributed by atoms with Gasteiger partial charge in [0, 0.05) is 11.6 Å². The number of hydrogen-bond donors (Lipinski definition) is 2. The molecule has 0 fully saturated rings. The van der Waals surface area contributed by atoms with E-state index in [9.17, 15) is 0 Å². The Bertz CT molecular complexity index is 390. The average molecular weight is 285 g/mol. The zero-order valence-electron chi connectivity index (χ0n) is 8.90. The van der Waals surface area contributed by atoms with Gasteiger partial charge in [0.25, 0.3) is 0 Å². The summed E-state index contributed by atoms with van der Waals surface area (Å²) in [5, 5.41) is 21.2. The molecular weight excluding hydrogens is 272 g/mol. The standard InChI is InChI=1S/C11H13BrN2O2/c1-16-7-8(6-15)14-11-4-2-3-10(12)9(11)5-13/h2-4,8,14-15H,6-7H2,1H3. The van der Waals surface area contributed by atoms with E-state index in [-0.39, 0.29) is 12.6 Å². The molecular formula is C11H13BrN2O2. The molecule has 0 aliphatic rings. The molecule has 16 heavy (non-hydrogen) atoms. The number of nitrogens with one attached hydrogen (secondary N) is 1. The average Bonchev–Trinajstić information content (AvgIpc) is 2.28. The van der Waals surface area contributed by atoms with Gasteiger partial charge in [0.05, 0.1) is 30.5 Å². The molecule has 1 rings (SSSR count). The van der Waals surface area contributed by atoms with E-state index in [4.69, 9.17) is 15.1 Å². The molecule has 4 nitrogen and oxygen atoms in total. The van der Waals surface area contributed by atoms with Gasteiger partial charge in [-0.05, 0) is 28.1 Å². The number of nitrogens with zero attached hydrogens (tertiary/aromatic N) is 1. The number of rotatable bonds is 5. The molecule has 0 aromatic heterocycles. The minimum absolute atomic E-state index is 0.0504. The minimum Gasteiger partial charge on any atom is -0.394 e. The van der Waals surface area contributed by atoms with Crippen LogP contribution in [0.15, 0.2) is 22.7 Å². The van der Waals surface area contributed by atoms with Crippen molar-refractivity contribution in [2.45, 2.75) is 6.04 Å². The van der Waals surface area contributed by atoms with Crippen molar-refractivity contribution in [3.05, 3.63) is 28.2 Å². The Morgan fingerprint density at radius 3 is 2.94 bits per heavy atom. The van der Waals surface area contributed by atoms with Gasteiger partial charge in [0.1, 0.15) is 6.07 Å². The predicted octanol–water partition coefficient (Wildman–Crippen LogP) is 1.74. The van der Waals surface area contributed by atoms with Crippen LogP contribution in [0.5, 0.6) is 0 Å². The summed E-state index contributed by atoms with van der Waals surface area (Å²) in [6, 6.07) is 7.31. The highest BCUT2D eigenvalue weighted by molar-refractivity contribution is 9.10. The van der Waals surface area contributed by atoms with Crippen LogP contribution < -0.4 is 5.32 Å². The van der Waals surface area contributed by atoms with Crippen LogP contribution in [0.1, 0.15) is 5.56 Å². The molecule has 0 saturated heterocycles. The van der Waals surface area contributed by atoms with Gasteiger partial charge in [-0.2, -0.15) is 5.26 Å². The molecule has 0 amide bonds. The lowest BCUT2D eigenvalue weighted by molar-refractivity contribution is 0.153. The maximum Gasteiger partial charge on any atom is 0.103 e. The predicted molar refractivity (Wildman–Crippen MR) is 65.2 cm³/mol. The zero-order valence-corrected chi connectivity index (χ0v) is 10.5. The summed E-state index contributed by atoms with van der Waals surface area (Å²) in [6.07, 6.45) is 0. The second kappa shape index (κ2) is 6.48. The monoisotopic (exact) mass is 284 g/mol. The van der Waals surface area contributed by atoms with Gasteiger partial charge >= 0.3 is 0 Å². The maximum absolute atomic E-state index is 9.11. The van der Waals surface area contributed by atoms with E-state index in [0.29, 0.717) is 17.9 Å². The Kier molecular flexibility index (Phi) is 5.26. The van der Waals surface area contributed by atoms with Gasteiger partial charge in [0.15, 0.2) is 0 Å². The molecule has 0 radical (unpaired) electrons. The fraction of sp³-hybridized carbons (Fsp3) is 0.364. The number of benzene rings is 1. The third kappa shape index (κ3) is 3.20. The van der Waals surface area contributed by atoms with E-state index in [0.717, 1.165) is 4.47 Å². The van der Waals surface area contributed by atoms with Crippen LogP contribution >= 0.6 is 15.9 Å². The molecule has 0 aliphatic carbocycles. The molecule has 1 aromatic carbocycles. The quantitative estimate of drug-likeness (QED) is 0.865. The first kappa shape index (κ1) is 13.0. The summed E-state index contributed by atoms with van der Waals surface area (Å²) in [7, 11) is 1.57. The molecule has 0 aliphatic heterocycles. The molecule has 1 unspecified atom stereocenters. The van der Waals surface area contributed by atoms with Crippen LogP contribution in [0.2, 0.25) is 0 Å². The summed E-state index contributed by atoms with van der Waals surface area (Å²) < 4.78 is 5.68. The van der Waals surface area contributed by atoms with Crippen molar-refractivity contribution < 1.29 is 9.84 Å². The van der Waals surface area contributed by atoms with Crippen LogP contribution in [-0.4, -0.2) is 31.5 Å². The highest BCUT2D eigenvalue weighted by atomic mass is 79.9. The molecule has 0 saturated carbocycles. The van der Waals surface area contributed by atoms with Crippen molar-refractivity contribution in [1.82, 2.24) is 0 Å². The highest BCUT2D eigenvalue weighted by Crippen LogP contribution is 2.24. The molecule has 1 atom stereocenters. The van der Waals surface area contributed by atoms with Crippen LogP contribution in [0, 0.1) is 11.3 Å². The van der Waals surface area contributed by atoms with Gasteiger partial charge < -0.3 is 15.2 Å². The van der Waals surface area contributed by atoms with Gasteiger partial charge in [-0.15, -0.1) is 0 Å². The van der Waals surface area contributed by atoms with Gasteiger partial charge in [-0.3, -0.25) is 0 Å². The number of aliphatic hydroxyl groups is 1. The van der Waals surface area contributed by atoms with Crippen molar-refractivity contribution in [2.75, 3.05) is 25.6 Å². The number of methoxy groups -OCH3 is 1. The highest BCUT2D eigenvalue weighted by Gasteiger charge is 2.11. The van der Waals surface area contributed by atoms with Crippen molar-refractivity contribution >= 4 is 21.6 Å². The molecule has 5 heteroatoms. The van der Waals surface area contributed by atoms with E-state index in [1.54, 1.807) is 19.2 Å². The summed E-state index contributed by atoms with van der Waals surface area (Å²) >= 11 is 3.30. The molecule has 2 N–H and O–H groups in total. The van der Waals surface area contributed by atoms with Gasteiger partial charge in [-0.25, -0.2) is 0 Å². The van der Waals surface area contributed by atoms with Gasteiger partial charge in [-0.1, -0.05) is 6.07 Å². The second-order valence-electron chi connectivity index (χ2n) is 3.25. The largest absolute Gasteiger partial charge is 0.394 e. The minimum atomic E-state index is -0.216. The van der Waals surface area contributed by atoms with Crippen LogP contribution in [0.25, 0.3) is 0 Å². The first-order chi connectivity index (χ1) is 7.72. The molecule has 0 spiro atoms. The number of aliphatic hydroxyl groups excluding tert-OH is 1. The van der Waals surface area contributed by atoms with Crippen LogP contribution in [0.3, 0.4) is 0 Å². The zero-order chi connectivity index (χ0) is 12.0. The first-order valence-electron chi connectivity index (χ1n) is 4.77. The number of halogens is 1. The fourth-order valence-electron chi connectivity index (χ4n) is 1.32. The third-order valence-corrected chi connectivity index (χ3v) is 2.73. The Labute approximate surface area is 103 Å². The Balaban J connectivity index is 2.88. The summed E-state index contributed by atoms with van der Waals surface area (Å²) in [4.78, 5) is 0. The first-order valence-corrected chi connectivity index (χ1v) is 5.57. The lowest BCUT2D eigenvalue weighted by atomic mass is 10.2. The van der Waals surface area contributed by atoms with E-state index < -0.39 is 0 Å². The normalized spacial score (nSPS) is 11.9. The van der Waals surface area contributed by atoms with Crippen LogP contribution in [0.4, 0.5) is 5.69 Å². The lowest BCUT2D eigenvalue weighted by Crippen LogP contribution is -2.29. The number of anilines is 1. The number of nitriles is 1. The number of hydrogen-bond acceptors (Lipinski definition) is 4. The van der Waals surface area contributed by atoms with E-state index in [1.807, 2.05) is 6.07 Å². The maximum atomic E-state index is 9.11. The van der Waals surface area contributed by atoms with Crippen molar-refractivity contribution in [2.24, 2.45) is 0 Å². The Hall–Kier alpha value is -1.09. The topological polar surface area (TPSA) is 65.3 Å².